The first-order chi connectivity index (χ1) is 8.56. The summed E-state index contributed by atoms with van der Waals surface area (Å²) in [5.74, 6) is -1.15. The van der Waals surface area contributed by atoms with Gasteiger partial charge < -0.3 is 14.7 Å². The average molecular weight is 257 g/mol. The lowest BCUT2D eigenvalue weighted by Gasteiger charge is -2.29. The Morgan fingerprint density at radius 3 is 2.61 bits per heavy atom. The molecule has 2 atom stereocenters. The minimum Gasteiger partial charge on any atom is -0.481 e. The number of carboxylic acids is 1. The fourth-order valence-corrected chi connectivity index (χ4v) is 2.51. The molecule has 1 N–H and O–H groups in total. The van der Waals surface area contributed by atoms with Crippen molar-refractivity contribution in [2.75, 3.05) is 27.3 Å². The lowest BCUT2D eigenvalue weighted by atomic mass is 9.81. The lowest BCUT2D eigenvalue weighted by molar-refractivity contribution is -0.145. The number of nitrogens with zero attached hydrogens (tertiary/aromatic N) is 1. The Balaban J connectivity index is 2.42. The molecule has 0 heterocycles. The molecule has 1 fully saturated rings. The van der Waals surface area contributed by atoms with Crippen LogP contribution in [-0.4, -0.2) is 49.2 Å². The molecule has 1 amide bonds. The van der Waals surface area contributed by atoms with Crippen molar-refractivity contribution in [2.24, 2.45) is 11.8 Å². The Morgan fingerprint density at radius 1 is 1.33 bits per heavy atom. The third-order valence-electron chi connectivity index (χ3n) is 3.59. The van der Waals surface area contributed by atoms with Crippen molar-refractivity contribution in [3.8, 4) is 0 Å². The van der Waals surface area contributed by atoms with E-state index in [1.54, 1.807) is 19.1 Å². The van der Waals surface area contributed by atoms with E-state index in [9.17, 15) is 9.59 Å². The highest BCUT2D eigenvalue weighted by molar-refractivity contribution is 5.80. The van der Waals surface area contributed by atoms with Crippen molar-refractivity contribution in [2.45, 2.75) is 32.1 Å². The number of aliphatic carboxylic acids is 1. The van der Waals surface area contributed by atoms with Crippen molar-refractivity contribution in [3.05, 3.63) is 0 Å². The normalized spacial score (nSPS) is 23.7. The topological polar surface area (TPSA) is 66.8 Å². The zero-order valence-electron chi connectivity index (χ0n) is 11.2. The van der Waals surface area contributed by atoms with Crippen LogP contribution in [0.1, 0.15) is 32.1 Å². The molecule has 1 rings (SSSR count). The summed E-state index contributed by atoms with van der Waals surface area (Å²) in [5.41, 5.74) is 0. The van der Waals surface area contributed by atoms with Crippen molar-refractivity contribution in [3.63, 3.8) is 0 Å². The highest BCUT2D eigenvalue weighted by Gasteiger charge is 2.32. The van der Waals surface area contributed by atoms with Gasteiger partial charge in [0.1, 0.15) is 0 Å². The van der Waals surface area contributed by atoms with E-state index in [0.717, 1.165) is 19.3 Å². The van der Waals surface area contributed by atoms with Gasteiger partial charge in [-0.05, 0) is 25.7 Å². The summed E-state index contributed by atoms with van der Waals surface area (Å²) in [5, 5.41) is 9.01. The number of rotatable bonds is 6. The highest BCUT2D eigenvalue weighted by Crippen LogP contribution is 2.30. The van der Waals surface area contributed by atoms with Gasteiger partial charge in [-0.25, -0.2) is 0 Å². The summed E-state index contributed by atoms with van der Waals surface area (Å²) in [6.07, 6.45) is 3.65. The second-order valence-electron chi connectivity index (χ2n) is 5.00. The van der Waals surface area contributed by atoms with Crippen LogP contribution in [0.4, 0.5) is 0 Å². The maximum atomic E-state index is 12.2. The Bertz CT molecular complexity index is 293. The molecule has 5 heteroatoms. The van der Waals surface area contributed by atoms with E-state index in [1.807, 2.05) is 0 Å². The highest BCUT2D eigenvalue weighted by atomic mass is 16.5. The number of carbonyl (C=O) groups is 2. The van der Waals surface area contributed by atoms with Gasteiger partial charge in [0.25, 0.3) is 0 Å². The summed E-state index contributed by atoms with van der Waals surface area (Å²) in [4.78, 5) is 24.8. The Kier molecular flexibility index (Phi) is 6.12. The van der Waals surface area contributed by atoms with Gasteiger partial charge in [0.05, 0.1) is 5.92 Å². The number of carboxylic acid groups (broad SMARTS) is 1. The van der Waals surface area contributed by atoms with Crippen molar-refractivity contribution >= 4 is 11.9 Å². The Labute approximate surface area is 108 Å². The number of carbonyl (C=O) groups excluding carboxylic acids is 1. The molecule has 0 aromatic heterocycles. The molecule has 104 valence electrons. The second-order valence-corrected chi connectivity index (χ2v) is 5.00. The Hall–Kier alpha value is -1.10. The molecule has 0 aromatic carbocycles. The first kappa shape index (κ1) is 15.0. The molecule has 0 saturated heterocycles. The van der Waals surface area contributed by atoms with Gasteiger partial charge >= 0.3 is 5.97 Å². The van der Waals surface area contributed by atoms with E-state index in [1.165, 1.54) is 0 Å². The van der Waals surface area contributed by atoms with Gasteiger partial charge in [-0.2, -0.15) is 0 Å². The molecule has 1 aliphatic carbocycles. The standard InChI is InChI=1S/C13H23NO4/c1-14(7-4-8-18-2)12(15)10-5-3-6-11(9-10)13(16)17/h10-11H,3-9H2,1-2H3,(H,16,17)/t10-,11-/m0/s1. The minimum absolute atomic E-state index is 0.0806. The molecule has 18 heavy (non-hydrogen) atoms. The van der Waals surface area contributed by atoms with Gasteiger partial charge in [-0.15, -0.1) is 0 Å². The molecule has 1 aliphatic rings. The van der Waals surface area contributed by atoms with Gasteiger partial charge in [-0.3, -0.25) is 9.59 Å². The van der Waals surface area contributed by atoms with Crippen LogP contribution < -0.4 is 0 Å². The van der Waals surface area contributed by atoms with Gasteiger partial charge in [-0.1, -0.05) is 6.42 Å². The van der Waals surface area contributed by atoms with E-state index in [4.69, 9.17) is 9.84 Å². The van der Waals surface area contributed by atoms with E-state index in [0.29, 0.717) is 26.0 Å². The van der Waals surface area contributed by atoms with Gasteiger partial charge in [0.2, 0.25) is 5.91 Å². The third kappa shape index (κ3) is 4.29. The zero-order valence-corrected chi connectivity index (χ0v) is 11.2. The molecule has 0 aliphatic heterocycles. The van der Waals surface area contributed by atoms with Crippen LogP contribution in [0.25, 0.3) is 0 Å². The van der Waals surface area contributed by atoms with Crippen LogP contribution in [0.3, 0.4) is 0 Å². The maximum Gasteiger partial charge on any atom is 0.306 e. The maximum absolute atomic E-state index is 12.2. The summed E-state index contributed by atoms with van der Waals surface area (Å²) in [7, 11) is 3.42. The minimum atomic E-state index is -0.769. The van der Waals surface area contributed by atoms with Crippen LogP contribution in [0.5, 0.6) is 0 Å². The number of ether oxygens (including phenoxy) is 1. The third-order valence-corrected chi connectivity index (χ3v) is 3.59. The summed E-state index contributed by atoms with van der Waals surface area (Å²) in [6, 6.07) is 0. The number of hydrogen-bond acceptors (Lipinski definition) is 3. The predicted molar refractivity (Wildman–Crippen MR) is 67.2 cm³/mol. The lowest BCUT2D eigenvalue weighted by Crippen LogP contribution is -2.37. The molecule has 5 nitrogen and oxygen atoms in total. The molecular weight excluding hydrogens is 234 g/mol. The monoisotopic (exact) mass is 257 g/mol. The molecular formula is C13H23NO4. The van der Waals surface area contributed by atoms with E-state index in [2.05, 4.69) is 0 Å². The smallest absolute Gasteiger partial charge is 0.306 e. The number of methoxy groups -OCH3 is 1. The van der Waals surface area contributed by atoms with Crippen LogP contribution in [0.2, 0.25) is 0 Å². The first-order valence-corrected chi connectivity index (χ1v) is 6.53. The number of hydrogen-bond donors (Lipinski definition) is 1. The largest absolute Gasteiger partial charge is 0.481 e. The average Bonchev–Trinajstić information content (AvgIpc) is 2.38. The van der Waals surface area contributed by atoms with Crippen LogP contribution >= 0.6 is 0 Å². The summed E-state index contributed by atoms with van der Waals surface area (Å²) >= 11 is 0. The predicted octanol–water partition coefficient (Wildman–Crippen LogP) is 1.37. The fourth-order valence-electron chi connectivity index (χ4n) is 2.51. The van der Waals surface area contributed by atoms with Crippen molar-refractivity contribution in [1.82, 2.24) is 4.90 Å². The van der Waals surface area contributed by atoms with E-state index >= 15 is 0 Å². The van der Waals surface area contributed by atoms with Crippen molar-refractivity contribution in [1.29, 1.82) is 0 Å². The second kappa shape index (κ2) is 7.36. The summed E-state index contributed by atoms with van der Waals surface area (Å²) < 4.78 is 4.95. The van der Waals surface area contributed by atoms with Crippen LogP contribution in [-0.2, 0) is 14.3 Å². The van der Waals surface area contributed by atoms with Crippen LogP contribution in [0, 0.1) is 11.8 Å². The molecule has 0 spiro atoms. The molecule has 0 unspecified atom stereocenters. The zero-order chi connectivity index (χ0) is 13.5. The quantitative estimate of drug-likeness (QED) is 0.730. The fraction of sp³-hybridized carbons (Fsp3) is 0.846. The van der Waals surface area contributed by atoms with Gasteiger partial charge in [0.15, 0.2) is 0 Å². The summed E-state index contributed by atoms with van der Waals surface area (Å²) in [6.45, 7) is 1.31. The molecule has 0 radical (unpaired) electrons. The van der Waals surface area contributed by atoms with E-state index < -0.39 is 5.97 Å². The SMILES string of the molecule is COCCCN(C)C(=O)[C@H]1CCC[C@H](C(=O)O)C1. The first-order valence-electron chi connectivity index (χ1n) is 6.53. The van der Waals surface area contributed by atoms with Crippen molar-refractivity contribution < 1.29 is 19.4 Å². The molecule has 1 saturated carbocycles. The molecule has 0 aromatic rings. The van der Waals surface area contributed by atoms with Crippen LogP contribution in [0.15, 0.2) is 0 Å². The van der Waals surface area contributed by atoms with Gasteiger partial charge in [0, 0.05) is 33.2 Å². The Morgan fingerprint density at radius 2 is 2.00 bits per heavy atom. The number of amides is 1. The van der Waals surface area contributed by atoms with E-state index in [-0.39, 0.29) is 17.7 Å². The molecule has 0 bridgehead atoms.